The van der Waals surface area contributed by atoms with E-state index in [-0.39, 0.29) is 5.91 Å². The van der Waals surface area contributed by atoms with Gasteiger partial charge in [-0.15, -0.1) is 0 Å². The SMILES string of the molecule is CCCCCCC(=O)NCC1NCCCC1CC. The lowest BCUT2D eigenvalue weighted by atomic mass is 9.88. The fraction of sp³-hybridized carbons (Fsp3) is 0.933. The summed E-state index contributed by atoms with van der Waals surface area (Å²) < 4.78 is 0. The van der Waals surface area contributed by atoms with Gasteiger partial charge in [-0.2, -0.15) is 0 Å². The minimum absolute atomic E-state index is 0.230. The van der Waals surface area contributed by atoms with Gasteiger partial charge in [0.2, 0.25) is 5.91 Å². The van der Waals surface area contributed by atoms with Crippen LogP contribution in [0.1, 0.15) is 65.2 Å². The van der Waals surface area contributed by atoms with E-state index in [9.17, 15) is 4.79 Å². The van der Waals surface area contributed by atoms with Crippen LogP contribution in [0.25, 0.3) is 0 Å². The molecule has 1 rings (SSSR count). The third-order valence-corrected chi connectivity index (χ3v) is 4.03. The predicted molar refractivity (Wildman–Crippen MR) is 76.6 cm³/mol. The van der Waals surface area contributed by atoms with Gasteiger partial charge in [0, 0.05) is 19.0 Å². The number of nitrogens with one attached hydrogen (secondary N) is 2. The van der Waals surface area contributed by atoms with E-state index >= 15 is 0 Å². The van der Waals surface area contributed by atoms with Crippen LogP contribution in [-0.4, -0.2) is 25.0 Å². The largest absolute Gasteiger partial charge is 0.355 e. The molecule has 0 aromatic carbocycles. The third-order valence-electron chi connectivity index (χ3n) is 4.03. The number of unbranched alkanes of at least 4 members (excludes halogenated alkanes) is 3. The van der Waals surface area contributed by atoms with Gasteiger partial charge in [-0.1, -0.05) is 39.5 Å². The van der Waals surface area contributed by atoms with Crippen LogP contribution >= 0.6 is 0 Å². The lowest BCUT2D eigenvalue weighted by Gasteiger charge is -2.32. The molecular weight excluding hydrogens is 224 g/mol. The fourth-order valence-electron chi connectivity index (χ4n) is 2.77. The van der Waals surface area contributed by atoms with Crippen LogP contribution in [0.4, 0.5) is 0 Å². The lowest BCUT2D eigenvalue weighted by Crippen LogP contribution is -2.48. The summed E-state index contributed by atoms with van der Waals surface area (Å²) in [5.74, 6) is 0.965. The average Bonchev–Trinajstić information content (AvgIpc) is 2.41. The maximum atomic E-state index is 11.7. The molecule has 106 valence electrons. The van der Waals surface area contributed by atoms with Crippen molar-refractivity contribution in [2.75, 3.05) is 13.1 Å². The molecular formula is C15H30N2O. The molecule has 2 atom stereocenters. The zero-order chi connectivity index (χ0) is 13.2. The normalized spacial score (nSPS) is 23.9. The van der Waals surface area contributed by atoms with Crippen molar-refractivity contribution in [2.45, 2.75) is 71.3 Å². The first-order valence-electron chi connectivity index (χ1n) is 7.78. The molecule has 1 saturated heterocycles. The predicted octanol–water partition coefficient (Wildman–Crippen LogP) is 2.85. The second kappa shape index (κ2) is 9.37. The molecule has 0 aromatic rings. The van der Waals surface area contributed by atoms with Crippen molar-refractivity contribution in [3.8, 4) is 0 Å². The quantitative estimate of drug-likeness (QED) is 0.654. The van der Waals surface area contributed by atoms with Crippen LogP contribution in [0.2, 0.25) is 0 Å². The maximum absolute atomic E-state index is 11.7. The van der Waals surface area contributed by atoms with E-state index in [2.05, 4.69) is 24.5 Å². The Morgan fingerprint density at radius 3 is 2.83 bits per heavy atom. The molecule has 18 heavy (non-hydrogen) atoms. The molecule has 1 aliphatic rings. The number of carbonyl (C=O) groups excluding carboxylic acids is 1. The number of rotatable bonds is 8. The standard InChI is InChI=1S/C15H30N2O/c1-3-5-6-7-10-15(18)17-12-14-13(4-2)9-8-11-16-14/h13-14,16H,3-12H2,1-2H3,(H,17,18). The smallest absolute Gasteiger partial charge is 0.220 e. The number of hydrogen-bond acceptors (Lipinski definition) is 2. The molecule has 2 N–H and O–H groups in total. The van der Waals surface area contributed by atoms with Gasteiger partial charge in [-0.25, -0.2) is 0 Å². The van der Waals surface area contributed by atoms with Crippen LogP contribution in [0.5, 0.6) is 0 Å². The van der Waals surface area contributed by atoms with Gasteiger partial charge >= 0.3 is 0 Å². The molecule has 0 aliphatic carbocycles. The summed E-state index contributed by atoms with van der Waals surface area (Å²) >= 11 is 0. The molecule has 1 aliphatic heterocycles. The Hall–Kier alpha value is -0.570. The Balaban J connectivity index is 2.12. The van der Waals surface area contributed by atoms with Crippen LogP contribution < -0.4 is 10.6 Å². The second-order valence-corrected chi connectivity index (χ2v) is 5.49. The van der Waals surface area contributed by atoms with Crippen LogP contribution in [0.15, 0.2) is 0 Å². The molecule has 0 bridgehead atoms. The molecule has 0 radical (unpaired) electrons. The zero-order valence-electron chi connectivity index (χ0n) is 12.1. The Kier molecular flexibility index (Phi) is 8.06. The molecule has 3 nitrogen and oxygen atoms in total. The minimum Gasteiger partial charge on any atom is -0.355 e. The third kappa shape index (κ3) is 5.85. The van der Waals surface area contributed by atoms with Crippen molar-refractivity contribution >= 4 is 5.91 Å². The maximum Gasteiger partial charge on any atom is 0.220 e. The average molecular weight is 254 g/mol. The summed E-state index contributed by atoms with van der Waals surface area (Å²) in [4.78, 5) is 11.7. The van der Waals surface area contributed by atoms with Gasteiger partial charge in [0.05, 0.1) is 0 Å². The lowest BCUT2D eigenvalue weighted by molar-refractivity contribution is -0.121. The summed E-state index contributed by atoms with van der Waals surface area (Å²) in [7, 11) is 0. The first-order valence-corrected chi connectivity index (χ1v) is 7.78. The van der Waals surface area contributed by atoms with Crippen molar-refractivity contribution < 1.29 is 4.79 Å². The monoisotopic (exact) mass is 254 g/mol. The van der Waals surface area contributed by atoms with Gasteiger partial charge < -0.3 is 10.6 Å². The van der Waals surface area contributed by atoms with Crippen molar-refractivity contribution in [2.24, 2.45) is 5.92 Å². The Morgan fingerprint density at radius 1 is 1.28 bits per heavy atom. The van der Waals surface area contributed by atoms with Gasteiger partial charge in [-0.3, -0.25) is 4.79 Å². The molecule has 1 fully saturated rings. The summed E-state index contributed by atoms with van der Waals surface area (Å²) in [5.41, 5.74) is 0. The minimum atomic E-state index is 0.230. The highest BCUT2D eigenvalue weighted by molar-refractivity contribution is 5.75. The summed E-state index contributed by atoms with van der Waals surface area (Å²) in [5, 5.41) is 6.63. The molecule has 1 amide bonds. The van der Waals surface area contributed by atoms with E-state index in [1.807, 2.05) is 0 Å². The molecule has 0 saturated carbocycles. The Labute approximate surface area is 112 Å². The van der Waals surface area contributed by atoms with Crippen LogP contribution in [-0.2, 0) is 4.79 Å². The fourth-order valence-corrected chi connectivity index (χ4v) is 2.77. The molecule has 2 unspecified atom stereocenters. The van der Waals surface area contributed by atoms with E-state index in [4.69, 9.17) is 0 Å². The van der Waals surface area contributed by atoms with Crippen molar-refractivity contribution in [3.05, 3.63) is 0 Å². The summed E-state index contributed by atoms with van der Waals surface area (Å²) in [6.45, 7) is 6.36. The van der Waals surface area contributed by atoms with Gasteiger partial charge in [-0.05, 0) is 31.7 Å². The molecule has 1 heterocycles. The first kappa shape index (κ1) is 15.5. The van der Waals surface area contributed by atoms with E-state index in [0.717, 1.165) is 25.4 Å². The van der Waals surface area contributed by atoms with Gasteiger partial charge in [0.25, 0.3) is 0 Å². The van der Waals surface area contributed by atoms with E-state index in [1.165, 1.54) is 38.5 Å². The molecule has 0 aromatic heterocycles. The van der Waals surface area contributed by atoms with Gasteiger partial charge in [0.15, 0.2) is 0 Å². The molecule has 0 spiro atoms. The highest BCUT2D eigenvalue weighted by atomic mass is 16.1. The zero-order valence-corrected chi connectivity index (χ0v) is 12.1. The van der Waals surface area contributed by atoms with Crippen molar-refractivity contribution in [1.29, 1.82) is 0 Å². The van der Waals surface area contributed by atoms with E-state index < -0.39 is 0 Å². The first-order chi connectivity index (χ1) is 8.77. The number of carbonyl (C=O) groups is 1. The highest BCUT2D eigenvalue weighted by Crippen LogP contribution is 2.19. The number of piperidine rings is 1. The topological polar surface area (TPSA) is 41.1 Å². The summed E-state index contributed by atoms with van der Waals surface area (Å²) in [6, 6.07) is 0.489. The second-order valence-electron chi connectivity index (χ2n) is 5.49. The number of amides is 1. The number of hydrogen-bond donors (Lipinski definition) is 2. The van der Waals surface area contributed by atoms with Crippen LogP contribution in [0, 0.1) is 5.92 Å². The Bertz CT molecular complexity index is 231. The highest BCUT2D eigenvalue weighted by Gasteiger charge is 2.23. The van der Waals surface area contributed by atoms with Crippen molar-refractivity contribution in [3.63, 3.8) is 0 Å². The molecule has 3 heteroatoms. The van der Waals surface area contributed by atoms with E-state index in [0.29, 0.717) is 12.5 Å². The Morgan fingerprint density at radius 2 is 2.11 bits per heavy atom. The van der Waals surface area contributed by atoms with Gasteiger partial charge in [0.1, 0.15) is 0 Å². The van der Waals surface area contributed by atoms with Crippen molar-refractivity contribution in [1.82, 2.24) is 10.6 Å². The summed E-state index contributed by atoms with van der Waals surface area (Å²) in [6.07, 6.45) is 9.19. The van der Waals surface area contributed by atoms with E-state index in [1.54, 1.807) is 0 Å². The van der Waals surface area contributed by atoms with Crippen LogP contribution in [0.3, 0.4) is 0 Å².